The Labute approximate surface area is 156 Å². The van der Waals surface area contributed by atoms with Crippen LogP contribution in [0.1, 0.15) is 23.0 Å². The Bertz CT molecular complexity index is 958. The molecule has 0 bridgehead atoms. The number of halogens is 1. The van der Waals surface area contributed by atoms with E-state index in [-0.39, 0.29) is 11.9 Å². The van der Waals surface area contributed by atoms with E-state index < -0.39 is 0 Å². The minimum Gasteiger partial charge on any atom is -0.338 e. The second kappa shape index (κ2) is 6.77. The monoisotopic (exact) mass is 364 g/mol. The fourth-order valence-electron chi connectivity index (χ4n) is 3.21. The molecule has 0 spiro atoms. The third-order valence-electron chi connectivity index (χ3n) is 4.45. The first-order valence-corrected chi connectivity index (χ1v) is 8.78. The molecular weight excluding hydrogens is 348 g/mol. The molecule has 1 aliphatic rings. The van der Waals surface area contributed by atoms with E-state index in [4.69, 9.17) is 11.6 Å². The predicted molar refractivity (Wildman–Crippen MR) is 103 cm³/mol. The van der Waals surface area contributed by atoms with Gasteiger partial charge >= 0.3 is 0 Å². The van der Waals surface area contributed by atoms with Gasteiger partial charge in [-0.1, -0.05) is 41.9 Å². The Morgan fingerprint density at radius 1 is 1.08 bits per heavy atom. The first-order chi connectivity index (χ1) is 12.6. The van der Waals surface area contributed by atoms with Crippen molar-refractivity contribution in [1.29, 1.82) is 0 Å². The molecule has 6 heteroatoms. The number of fused-ring (bicyclic) bond motifs is 1. The lowest BCUT2D eigenvalue weighted by atomic mass is 10.1. The van der Waals surface area contributed by atoms with Crippen molar-refractivity contribution in [2.24, 2.45) is 0 Å². The molecule has 1 aromatic heterocycles. The molecule has 0 fully saturated rings. The van der Waals surface area contributed by atoms with Crippen LogP contribution in [0.25, 0.3) is 0 Å². The number of amides is 1. The molecule has 2 heterocycles. The Kier molecular flexibility index (Phi) is 4.31. The number of hydrogen-bond acceptors (Lipinski definition) is 4. The van der Waals surface area contributed by atoms with E-state index >= 15 is 0 Å². The number of hydrogen-bond donors (Lipinski definition) is 1. The lowest BCUT2D eigenvalue weighted by Crippen LogP contribution is -2.36. The zero-order chi connectivity index (χ0) is 18.1. The van der Waals surface area contributed by atoms with Crippen LogP contribution in [0.5, 0.6) is 0 Å². The molecule has 5 nitrogen and oxygen atoms in total. The Morgan fingerprint density at radius 3 is 2.62 bits per heavy atom. The summed E-state index contributed by atoms with van der Waals surface area (Å²) in [5, 5.41) is 11.9. The van der Waals surface area contributed by atoms with Gasteiger partial charge in [0.05, 0.1) is 10.7 Å². The molecule has 1 aliphatic heterocycles. The number of rotatable bonds is 3. The molecular formula is C20H17ClN4O. The number of nitrogens with one attached hydrogen (secondary N) is 1. The molecule has 0 saturated heterocycles. The van der Waals surface area contributed by atoms with Gasteiger partial charge < -0.3 is 10.2 Å². The third kappa shape index (κ3) is 3.02. The maximum atomic E-state index is 12.9. The average molecular weight is 365 g/mol. The van der Waals surface area contributed by atoms with E-state index in [2.05, 4.69) is 21.6 Å². The van der Waals surface area contributed by atoms with E-state index in [1.807, 2.05) is 43.3 Å². The topological polar surface area (TPSA) is 58.1 Å². The molecule has 0 aliphatic carbocycles. The summed E-state index contributed by atoms with van der Waals surface area (Å²) in [6.45, 7) is 2.04. The van der Waals surface area contributed by atoms with Crippen LogP contribution >= 0.6 is 11.6 Å². The zero-order valence-electron chi connectivity index (χ0n) is 14.2. The van der Waals surface area contributed by atoms with E-state index in [0.717, 1.165) is 17.8 Å². The molecule has 26 heavy (non-hydrogen) atoms. The normalized spacial score (nSPS) is 15.6. The maximum Gasteiger partial charge on any atom is 0.279 e. The SMILES string of the molecule is CC1Cc2ccccc2N1C(=O)c1ccc(Nc2ccccc2Cl)nn1. The van der Waals surface area contributed by atoms with Gasteiger partial charge in [-0.3, -0.25) is 4.79 Å². The molecule has 3 aromatic rings. The summed E-state index contributed by atoms with van der Waals surface area (Å²) in [5.41, 5.74) is 3.19. The predicted octanol–water partition coefficient (Wildman–Crippen LogP) is 4.47. The molecule has 0 saturated carbocycles. The number of anilines is 3. The van der Waals surface area contributed by atoms with Crippen LogP contribution in [0.2, 0.25) is 5.02 Å². The van der Waals surface area contributed by atoms with Crippen molar-refractivity contribution >= 4 is 34.7 Å². The highest BCUT2D eigenvalue weighted by molar-refractivity contribution is 6.33. The van der Waals surface area contributed by atoms with Crippen molar-refractivity contribution in [2.45, 2.75) is 19.4 Å². The summed E-state index contributed by atoms with van der Waals surface area (Å²) in [6, 6.07) is 18.9. The first-order valence-electron chi connectivity index (χ1n) is 8.40. The molecule has 1 unspecified atom stereocenters. The minimum atomic E-state index is -0.140. The van der Waals surface area contributed by atoms with Crippen LogP contribution in [0, 0.1) is 0 Å². The van der Waals surface area contributed by atoms with Gasteiger partial charge in [0.2, 0.25) is 0 Å². The van der Waals surface area contributed by atoms with Crippen LogP contribution in [-0.2, 0) is 6.42 Å². The second-order valence-electron chi connectivity index (χ2n) is 6.27. The van der Waals surface area contributed by atoms with Crippen LogP contribution in [-0.4, -0.2) is 22.1 Å². The number of nitrogens with zero attached hydrogens (tertiary/aromatic N) is 3. The molecule has 1 amide bonds. The summed E-state index contributed by atoms with van der Waals surface area (Å²) in [5.74, 6) is 0.392. The van der Waals surface area contributed by atoms with E-state index in [9.17, 15) is 4.79 Å². The van der Waals surface area contributed by atoms with Crippen LogP contribution in [0.4, 0.5) is 17.2 Å². The fourth-order valence-corrected chi connectivity index (χ4v) is 3.39. The highest BCUT2D eigenvalue weighted by Gasteiger charge is 2.31. The Morgan fingerprint density at radius 2 is 1.85 bits per heavy atom. The van der Waals surface area contributed by atoms with Gasteiger partial charge in [0.15, 0.2) is 11.5 Å². The highest BCUT2D eigenvalue weighted by atomic mass is 35.5. The molecule has 1 atom stereocenters. The van der Waals surface area contributed by atoms with Crippen molar-refractivity contribution in [2.75, 3.05) is 10.2 Å². The van der Waals surface area contributed by atoms with Gasteiger partial charge in [0, 0.05) is 11.7 Å². The summed E-state index contributed by atoms with van der Waals surface area (Å²) in [7, 11) is 0. The molecule has 1 N–H and O–H groups in total. The van der Waals surface area contributed by atoms with E-state index in [1.165, 1.54) is 5.56 Å². The van der Waals surface area contributed by atoms with E-state index in [1.54, 1.807) is 23.1 Å². The molecule has 2 aromatic carbocycles. The lowest BCUT2D eigenvalue weighted by Gasteiger charge is -2.22. The Hall–Kier alpha value is -2.92. The van der Waals surface area contributed by atoms with Crippen molar-refractivity contribution in [1.82, 2.24) is 10.2 Å². The van der Waals surface area contributed by atoms with Crippen molar-refractivity contribution in [3.05, 3.63) is 76.9 Å². The molecule has 130 valence electrons. The largest absolute Gasteiger partial charge is 0.338 e. The summed E-state index contributed by atoms with van der Waals surface area (Å²) >= 11 is 6.13. The zero-order valence-corrected chi connectivity index (χ0v) is 14.9. The van der Waals surface area contributed by atoms with Crippen molar-refractivity contribution in [3.8, 4) is 0 Å². The average Bonchev–Trinajstić information content (AvgIpc) is 2.99. The number of para-hydroxylation sites is 2. The van der Waals surface area contributed by atoms with Gasteiger partial charge in [-0.05, 0) is 49.2 Å². The second-order valence-corrected chi connectivity index (χ2v) is 6.67. The number of aromatic nitrogens is 2. The van der Waals surface area contributed by atoms with Gasteiger partial charge in [-0.25, -0.2) is 0 Å². The minimum absolute atomic E-state index is 0.0997. The van der Waals surface area contributed by atoms with Gasteiger partial charge in [0.25, 0.3) is 5.91 Å². The van der Waals surface area contributed by atoms with Gasteiger partial charge in [-0.2, -0.15) is 0 Å². The lowest BCUT2D eigenvalue weighted by molar-refractivity contribution is 0.0975. The van der Waals surface area contributed by atoms with Gasteiger partial charge in [-0.15, -0.1) is 10.2 Å². The number of benzene rings is 2. The maximum absolute atomic E-state index is 12.9. The summed E-state index contributed by atoms with van der Waals surface area (Å²) < 4.78 is 0. The molecule has 4 rings (SSSR count). The van der Waals surface area contributed by atoms with E-state index in [0.29, 0.717) is 16.5 Å². The fraction of sp³-hybridized carbons (Fsp3) is 0.150. The third-order valence-corrected chi connectivity index (χ3v) is 4.78. The summed E-state index contributed by atoms with van der Waals surface area (Å²) in [6.07, 6.45) is 0.849. The van der Waals surface area contributed by atoms with Crippen LogP contribution in [0.3, 0.4) is 0 Å². The van der Waals surface area contributed by atoms with Gasteiger partial charge in [0.1, 0.15) is 0 Å². The smallest absolute Gasteiger partial charge is 0.279 e. The quantitative estimate of drug-likeness (QED) is 0.745. The first kappa shape index (κ1) is 16.5. The van der Waals surface area contributed by atoms with Crippen molar-refractivity contribution in [3.63, 3.8) is 0 Å². The molecule has 0 radical (unpaired) electrons. The Balaban J connectivity index is 1.56. The highest BCUT2D eigenvalue weighted by Crippen LogP contribution is 2.32. The number of carbonyl (C=O) groups is 1. The van der Waals surface area contributed by atoms with Crippen LogP contribution in [0.15, 0.2) is 60.7 Å². The standard InChI is InChI=1S/C20H17ClN4O/c1-13-12-14-6-2-5-9-18(14)25(13)20(26)17-10-11-19(24-23-17)22-16-8-4-3-7-15(16)21/h2-11,13H,12H2,1H3,(H,22,24). The van der Waals surface area contributed by atoms with Crippen molar-refractivity contribution < 1.29 is 4.79 Å². The van der Waals surface area contributed by atoms with Crippen LogP contribution < -0.4 is 10.2 Å². The number of carbonyl (C=O) groups excluding carboxylic acids is 1. The summed E-state index contributed by atoms with van der Waals surface area (Å²) in [4.78, 5) is 14.7.